The summed E-state index contributed by atoms with van der Waals surface area (Å²) < 4.78 is 0. The zero-order valence-electron chi connectivity index (χ0n) is 9.41. The summed E-state index contributed by atoms with van der Waals surface area (Å²) in [5.41, 5.74) is 0. The maximum absolute atomic E-state index is 11.5. The van der Waals surface area contributed by atoms with Gasteiger partial charge in [0.05, 0.1) is 6.04 Å². The molecule has 2 atom stereocenters. The Morgan fingerprint density at radius 2 is 2.27 bits per heavy atom. The van der Waals surface area contributed by atoms with Gasteiger partial charge in [-0.05, 0) is 32.2 Å². The Morgan fingerprint density at radius 1 is 1.53 bits per heavy atom. The second-order valence-corrected chi connectivity index (χ2v) is 4.50. The first-order valence-electron chi connectivity index (χ1n) is 5.22. The van der Waals surface area contributed by atoms with Crippen LogP contribution in [0.15, 0.2) is 17.5 Å². The van der Waals surface area contributed by atoms with E-state index in [2.05, 4.69) is 23.6 Å². The van der Waals surface area contributed by atoms with E-state index in [1.807, 2.05) is 25.3 Å². The highest BCUT2D eigenvalue weighted by Crippen LogP contribution is 2.18. The molecule has 2 N–H and O–H groups in total. The smallest absolute Gasteiger partial charge is 0.236 e. The summed E-state index contributed by atoms with van der Waals surface area (Å²) in [5, 5.41) is 8.11. The van der Waals surface area contributed by atoms with Crippen LogP contribution in [0.3, 0.4) is 0 Å². The second kappa shape index (κ2) is 5.88. The Morgan fingerprint density at radius 3 is 2.80 bits per heavy atom. The Hall–Kier alpha value is -0.870. The minimum Gasteiger partial charge on any atom is -0.355 e. The van der Waals surface area contributed by atoms with Crippen LogP contribution in [0.25, 0.3) is 0 Å². The van der Waals surface area contributed by atoms with Crippen molar-refractivity contribution < 1.29 is 4.79 Å². The third-order valence-electron chi connectivity index (χ3n) is 2.21. The summed E-state index contributed by atoms with van der Waals surface area (Å²) >= 11 is 1.70. The Bertz CT molecular complexity index is 298. The molecule has 0 fully saturated rings. The van der Waals surface area contributed by atoms with Crippen molar-refractivity contribution in [2.24, 2.45) is 0 Å². The zero-order valence-corrected chi connectivity index (χ0v) is 10.2. The van der Waals surface area contributed by atoms with E-state index in [4.69, 9.17) is 0 Å². The number of amides is 1. The van der Waals surface area contributed by atoms with Gasteiger partial charge in [-0.2, -0.15) is 0 Å². The van der Waals surface area contributed by atoms with Crippen LogP contribution in [-0.2, 0) is 4.79 Å². The molecule has 1 amide bonds. The summed E-state index contributed by atoms with van der Waals surface area (Å²) in [4.78, 5) is 12.7. The van der Waals surface area contributed by atoms with Gasteiger partial charge in [0.15, 0.2) is 0 Å². The Balaban J connectivity index is 2.44. The van der Waals surface area contributed by atoms with Gasteiger partial charge in [0.2, 0.25) is 5.91 Å². The van der Waals surface area contributed by atoms with Gasteiger partial charge in [-0.1, -0.05) is 6.07 Å². The van der Waals surface area contributed by atoms with Gasteiger partial charge in [-0.15, -0.1) is 11.3 Å². The molecule has 4 heteroatoms. The van der Waals surface area contributed by atoms with Crippen molar-refractivity contribution in [2.75, 3.05) is 6.54 Å². The molecule has 1 aromatic rings. The van der Waals surface area contributed by atoms with E-state index in [9.17, 15) is 4.79 Å². The Kier molecular flexibility index (Phi) is 4.78. The van der Waals surface area contributed by atoms with Crippen molar-refractivity contribution in [1.29, 1.82) is 0 Å². The highest BCUT2D eigenvalue weighted by molar-refractivity contribution is 7.10. The lowest BCUT2D eigenvalue weighted by Crippen LogP contribution is -2.42. The molecule has 0 saturated heterocycles. The number of likely N-dealkylation sites (N-methyl/N-ethyl adjacent to an activating group) is 1. The van der Waals surface area contributed by atoms with Crippen LogP contribution in [0.5, 0.6) is 0 Å². The van der Waals surface area contributed by atoms with E-state index in [1.54, 1.807) is 11.3 Å². The molecular weight excluding hydrogens is 208 g/mol. The molecule has 0 spiro atoms. The van der Waals surface area contributed by atoms with Crippen LogP contribution in [0.4, 0.5) is 0 Å². The van der Waals surface area contributed by atoms with Gasteiger partial charge < -0.3 is 5.32 Å². The number of hydrogen-bond acceptors (Lipinski definition) is 3. The molecule has 84 valence electrons. The van der Waals surface area contributed by atoms with E-state index >= 15 is 0 Å². The van der Waals surface area contributed by atoms with Gasteiger partial charge >= 0.3 is 0 Å². The van der Waals surface area contributed by atoms with Crippen molar-refractivity contribution in [3.63, 3.8) is 0 Å². The molecule has 1 aromatic heterocycles. The number of rotatable bonds is 5. The summed E-state index contributed by atoms with van der Waals surface area (Å²) in [6, 6.07) is 4.17. The molecule has 0 aliphatic heterocycles. The lowest BCUT2D eigenvalue weighted by atomic mass is 10.2. The van der Waals surface area contributed by atoms with Crippen LogP contribution in [0, 0.1) is 0 Å². The molecule has 0 bridgehead atoms. The number of carbonyl (C=O) groups excluding carboxylic acids is 1. The van der Waals surface area contributed by atoms with Crippen molar-refractivity contribution in [2.45, 2.75) is 32.9 Å². The molecule has 1 rings (SSSR count). The normalized spacial score (nSPS) is 14.6. The van der Waals surface area contributed by atoms with E-state index in [1.165, 1.54) is 4.88 Å². The standard InChI is InChI=1S/C11H18N2OS/c1-4-12-11(14)9(3)13-8(2)10-6-5-7-15-10/h5-9,13H,4H2,1-3H3,(H,12,14). The topological polar surface area (TPSA) is 41.1 Å². The predicted molar refractivity (Wildman–Crippen MR) is 64.0 cm³/mol. The molecule has 0 aromatic carbocycles. The molecule has 15 heavy (non-hydrogen) atoms. The number of thiophene rings is 1. The second-order valence-electron chi connectivity index (χ2n) is 3.52. The molecular formula is C11H18N2OS. The molecule has 3 nitrogen and oxygen atoms in total. The number of nitrogens with one attached hydrogen (secondary N) is 2. The summed E-state index contributed by atoms with van der Waals surface area (Å²) in [6.07, 6.45) is 0. The van der Waals surface area contributed by atoms with Crippen molar-refractivity contribution in [3.05, 3.63) is 22.4 Å². The van der Waals surface area contributed by atoms with E-state index < -0.39 is 0 Å². The zero-order chi connectivity index (χ0) is 11.3. The van der Waals surface area contributed by atoms with Crippen molar-refractivity contribution in [3.8, 4) is 0 Å². The lowest BCUT2D eigenvalue weighted by Gasteiger charge is -2.18. The average molecular weight is 226 g/mol. The molecule has 0 aliphatic carbocycles. The lowest BCUT2D eigenvalue weighted by molar-refractivity contribution is -0.122. The minimum absolute atomic E-state index is 0.0564. The van der Waals surface area contributed by atoms with Gasteiger partial charge in [-0.25, -0.2) is 0 Å². The maximum atomic E-state index is 11.5. The fourth-order valence-electron chi connectivity index (χ4n) is 1.40. The van der Waals surface area contributed by atoms with Crippen molar-refractivity contribution in [1.82, 2.24) is 10.6 Å². The SMILES string of the molecule is CCNC(=O)C(C)NC(C)c1cccs1. The summed E-state index contributed by atoms with van der Waals surface area (Å²) in [7, 11) is 0. The fourth-order valence-corrected chi connectivity index (χ4v) is 2.14. The van der Waals surface area contributed by atoms with Crippen LogP contribution in [0.2, 0.25) is 0 Å². The summed E-state index contributed by atoms with van der Waals surface area (Å²) in [6.45, 7) is 6.56. The highest BCUT2D eigenvalue weighted by atomic mass is 32.1. The highest BCUT2D eigenvalue weighted by Gasteiger charge is 2.15. The third kappa shape index (κ3) is 3.64. The molecule has 0 aliphatic rings. The predicted octanol–water partition coefficient (Wildman–Crippen LogP) is 1.92. The van der Waals surface area contributed by atoms with Crippen LogP contribution in [-0.4, -0.2) is 18.5 Å². The van der Waals surface area contributed by atoms with Gasteiger partial charge in [0, 0.05) is 17.5 Å². The largest absolute Gasteiger partial charge is 0.355 e. The van der Waals surface area contributed by atoms with Crippen LogP contribution >= 0.6 is 11.3 Å². The van der Waals surface area contributed by atoms with E-state index in [0.717, 1.165) is 0 Å². The number of carbonyl (C=O) groups is 1. The van der Waals surface area contributed by atoms with Gasteiger partial charge in [0.1, 0.15) is 0 Å². The minimum atomic E-state index is -0.151. The van der Waals surface area contributed by atoms with E-state index in [0.29, 0.717) is 6.54 Å². The first kappa shape index (κ1) is 12.2. The van der Waals surface area contributed by atoms with E-state index in [-0.39, 0.29) is 18.0 Å². The fraction of sp³-hybridized carbons (Fsp3) is 0.545. The summed E-state index contributed by atoms with van der Waals surface area (Å²) in [5.74, 6) is 0.0564. The third-order valence-corrected chi connectivity index (χ3v) is 3.27. The molecule has 0 radical (unpaired) electrons. The average Bonchev–Trinajstić information content (AvgIpc) is 2.70. The molecule has 0 saturated carbocycles. The maximum Gasteiger partial charge on any atom is 0.236 e. The monoisotopic (exact) mass is 226 g/mol. The van der Waals surface area contributed by atoms with Crippen LogP contribution < -0.4 is 10.6 Å². The first-order valence-corrected chi connectivity index (χ1v) is 6.10. The van der Waals surface area contributed by atoms with Crippen LogP contribution in [0.1, 0.15) is 31.7 Å². The van der Waals surface area contributed by atoms with Crippen molar-refractivity contribution >= 4 is 17.2 Å². The number of hydrogen-bond donors (Lipinski definition) is 2. The molecule has 2 unspecified atom stereocenters. The first-order chi connectivity index (χ1) is 7.15. The quantitative estimate of drug-likeness (QED) is 0.805. The molecule has 1 heterocycles. The Labute approximate surface area is 94.9 Å². The van der Waals surface area contributed by atoms with Gasteiger partial charge in [0.25, 0.3) is 0 Å². The van der Waals surface area contributed by atoms with Gasteiger partial charge in [-0.3, -0.25) is 10.1 Å².